The molecule has 0 amide bonds. The van der Waals surface area contributed by atoms with Crippen molar-refractivity contribution in [3.63, 3.8) is 0 Å². The van der Waals surface area contributed by atoms with E-state index in [9.17, 15) is 8.42 Å². The largest absolute Gasteiger partial charge is 0.392 e. The van der Waals surface area contributed by atoms with Gasteiger partial charge >= 0.3 is 0 Å². The molecule has 21 heavy (non-hydrogen) atoms. The summed E-state index contributed by atoms with van der Waals surface area (Å²) < 4.78 is 27.4. The van der Waals surface area contributed by atoms with Crippen LogP contribution in [-0.2, 0) is 29.5 Å². The minimum Gasteiger partial charge on any atom is -0.392 e. The monoisotopic (exact) mass is 303 g/mol. The molecule has 0 bridgehead atoms. The summed E-state index contributed by atoms with van der Waals surface area (Å²) in [6, 6.07) is 12.0. The summed E-state index contributed by atoms with van der Waals surface area (Å²) in [6.45, 7) is -0.178. The van der Waals surface area contributed by atoms with Gasteiger partial charge < -0.3 is 5.11 Å². The third-order valence-corrected chi connectivity index (χ3v) is 5.12. The molecule has 0 spiro atoms. The number of aliphatic hydroxyl groups is 1. The summed E-state index contributed by atoms with van der Waals surface area (Å²) >= 11 is 0. The summed E-state index contributed by atoms with van der Waals surface area (Å²) in [5.74, 6) is 0. The molecule has 110 valence electrons. The smallest absolute Gasteiger partial charge is 0.261 e. The van der Waals surface area contributed by atoms with Gasteiger partial charge in [-0.15, -0.1) is 0 Å². The van der Waals surface area contributed by atoms with Crippen molar-refractivity contribution in [3.05, 3.63) is 59.2 Å². The van der Waals surface area contributed by atoms with Gasteiger partial charge in [0.1, 0.15) is 0 Å². The van der Waals surface area contributed by atoms with Crippen LogP contribution in [0, 0.1) is 0 Å². The van der Waals surface area contributed by atoms with Gasteiger partial charge in [-0.25, -0.2) is 8.42 Å². The van der Waals surface area contributed by atoms with E-state index in [4.69, 9.17) is 5.11 Å². The molecular weight excluding hydrogens is 286 g/mol. The Morgan fingerprint density at radius 1 is 1.05 bits per heavy atom. The van der Waals surface area contributed by atoms with E-state index < -0.39 is 10.0 Å². The van der Waals surface area contributed by atoms with Gasteiger partial charge in [-0.05, 0) is 60.2 Å². The van der Waals surface area contributed by atoms with Gasteiger partial charge in [0.15, 0.2) is 0 Å². The van der Waals surface area contributed by atoms with Crippen molar-refractivity contribution in [3.8, 4) is 0 Å². The van der Waals surface area contributed by atoms with E-state index in [2.05, 4.69) is 4.72 Å². The Kier molecular flexibility index (Phi) is 3.69. The van der Waals surface area contributed by atoms with E-state index in [1.165, 1.54) is 23.3 Å². The number of fused-ring (bicyclic) bond motifs is 1. The molecule has 0 atom stereocenters. The lowest BCUT2D eigenvalue weighted by atomic mass is 10.1. The lowest BCUT2D eigenvalue weighted by Crippen LogP contribution is -2.13. The normalized spacial score (nSPS) is 14.0. The molecule has 0 unspecified atom stereocenters. The highest BCUT2D eigenvalue weighted by Gasteiger charge is 2.16. The zero-order chi connectivity index (χ0) is 14.9. The van der Waals surface area contributed by atoms with Crippen LogP contribution in [0.3, 0.4) is 0 Å². The van der Waals surface area contributed by atoms with Crippen LogP contribution >= 0.6 is 0 Å². The van der Waals surface area contributed by atoms with Gasteiger partial charge in [0.2, 0.25) is 0 Å². The van der Waals surface area contributed by atoms with Crippen LogP contribution in [0.1, 0.15) is 23.1 Å². The van der Waals surface area contributed by atoms with Crippen LogP contribution in [0.25, 0.3) is 0 Å². The van der Waals surface area contributed by atoms with Gasteiger partial charge in [-0.1, -0.05) is 18.2 Å². The van der Waals surface area contributed by atoms with Crippen molar-refractivity contribution < 1.29 is 13.5 Å². The maximum absolute atomic E-state index is 12.4. The number of sulfonamides is 1. The summed E-state index contributed by atoms with van der Waals surface area (Å²) in [5.41, 5.74) is 3.69. The van der Waals surface area contributed by atoms with E-state index in [0.717, 1.165) is 19.3 Å². The first-order valence-corrected chi connectivity index (χ1v) is 8.41. The number of benzene rings is 2. The van der Waals surface area contributed by atoms with Crippen molar-refractivity contribution in [1.29, 1.82) is 0 Å². The number of rotatable bonds is 4. The molecular formula is C16H17NO3S. The van der Waals surface area contributed by atoms with Crippen molar-refractivity contribution in [2.24, 2.45) is 0 Å². The standard InChI is InChI=1S/C16H17NO3S/c18-11-12-3-1-6-16(9-12)21(19,20)17-15-8-7-13-4-2-5-14(13)10-15/h1,3,6-10,17-18H,2,4-5,11H2. The number of hydrogen-bond acceptors (Lipinski definition) is 3. The lowest BCUT2D eigenvalue weighted by Gasteiger charge is -2.10. The topological polar surface area (TPSA) is 66.4 Å². The molecule has 2 aromatic rings. The molecule has 0 saturated heterocycles. The summed E-state index contributed by atoms with van der Waals surface area (Å²) in [4.78, 5) is 0.162. The van der Waals surface area contributed by atoms with Gasteiger partial charge in [-0.3, -0.25) is 4.72 Å². The molecule has 1 aliphatic carbocycles. The van der Waals surface area contributed by atoms with Crippen LogP contribution in [0.5, 0.6) is 0 Å². The Morgan fingerprint density at radius 2 is 1.86 bits per heavy atom. The molecule has 4 nitrogen and oxygen atoms in total. The predicted molar refractivity (Wildman–Crippen MR) is 81.6 cm³/mol. The molecule has 0 fully saturated rings. The number of aliphatic hydroxyl groups excluding tert-OH is 1. The van der Waals surface area contributed by atoms with E-state index in [1.807, 2.05) is 12.1 Å². The van der Waals surface area contributed by atoms with Crippen LogP contribution in [0.15, 0.2) is 47.4 Å². The lowest BCUT2D eigenvalue weighted by molar-refractivity contribution is 0.281. The van der Waals surface area contributed by atoms with Crippen LogP contribution in [0.4, 0.5) is 5.69 Å². The van der Waals surface area contributed by atoms with Crippen molar-refractivity contribution in [2.75, 3.05) is 4.72 Å². The number of nitrogens with one attached hydrogen (secondary N) is 1. The zero-order valence-corrected chi connectivity index (χ0v) is 12.4. The molecule has 1 aliphatic rings. The Morgan fingerprint density at radius 3 is 2.67 bits per heavy atom. The van der Waals surface area contributed by atoms with Crippen LogP contribution in [-0.4, -0.2) is 13.5 Å². The van der Waals surface area contributed by atoms with Gasteiger partial charge in [0.05, 0.1) is 11.5 Å². The van der Waals surface area contributed by atoms with E-state index in [1.54, 1.807) is 18.2 Å². The van der Waals surface area contributed by atoms with Crippen molar-refractivity contribution in [2.45, 2.75) is 30.8 Å². The average molecular weight is 303 g/mol. The quantitative estimate of drug-likeness (QED) is 0.912. The zero-order valence-electron chi connectivity index (χ0n) is 11.5. The fraction of sp³-hybridized carbons (Fsp3) is 0.250. The Balaban J connectivity index is 1.89. The first-order chi connectivity index (χ1) is 10.1. The minimum absolute atomic E-state index is 0.162. The summed E-state index contributed by atoms with van der Waals surface area (Å²) in [6.07, 6.45) is 3.20. The highest BCUT2D eigenvalue weighted by atomic mass is 32.2. The number of aryl methyl sites for hydroxylation is 2. The molecule has 5 heteroatoms. The molecule has 0 saturated carbocycles. The second kappa shape index (κ2) is 5.50. The number of anilines is 1. The number of hydrogen-bond donors (Lipinski definition) is 2. The minimum atomic E-state index is -3.62. The molecule has 0 heterocycles. The highest BCUT2D eigenvalue weighted by Crippen LogP contribution is 2.26. The molecule has 3 rings (SSSR count). The predicted octanol–water partition coefficient (Wildman–Crippen LogP) is 2.47. The third kappa shape index (κ3) is 2.94. The summed E-state index contributed by atoms with van der Waals surface area (Å²) in [5, 5.41) is 9.11. The third-order valence-electron chi connectivity index (χ3n) is 3.74. The molecule has 2 aromatic carbocycles. The van der Waals surface area contributed by atoms with Crippen molar-refractivity contribution in [1.82, 2.24) is 0 Å². The van der Waals surface area contributed by atoms with Gasteiger partial charge in [0.25, 0.3) is 10.0 Å². The summed E-state index contributed by atoms with van der Waals surface area (Å²) in [7, 11) is -3.62. The van der Waals surface area contributed by atoms with Gasteiger partial charge in [0, 0.05) is 5.69 Å². The fourth-order valence-corrected chi connectivity index (χ4v) is 3.78. The first kappa shape index (κ1) is 14.1. The molecule has 0 aromatic heterocycles. The second-order valence-electron chi connectivity index (χ2n) is 5.25. The molecule has 2 N–H and O–H groups in total. The maximum atomic E-state index is 12.4. The van der Waals surface area contributed by atoms with Crippen LogP contribution in [0.2, 0.25) is 0 Å². The first-order valence-electron chi connectivity index (χ1n) is 6.93. The fourth-order valence-electron chi connectivity index (χ4n) is 2.66. The SMILES string of the molecule is O=S(=O)(Nc1ccc2c(c1)CCC2)c1cccc(CO)c1. The molecule has 0 aliphatic heterocycles. The van der Waals surface area contributed by atoms with Crippen molar-refractivity contribution >= 4 is 15.7 Å². The Bertz CT molecular complexity index is 769. The van der Waals surface area contributed by atoms with Crippen LogP contribution < -0.4 is 4.72 Å². The van der Waals surface area contributed by atoms with E-state index in [0.29, 0.717) is 11.3 Å². The second-order valence-corrected chi connectivity index (χ2v) is 6.93. The Labute approximate surface area is 124 Å². The molecule has 0 radical (unpaired) electrons. The van der Waals surface area contributed by atoms with Gasteiger partial charge in [-0.2, -0.15) is 0 Å². The highest BCUT2D eigenvalue weighted by molar-refractivity contribution is 7.92. The Hall–Kier alpha value is -1.85. The van der Waals surface area contributed by atoms with E-state index in [-0.39, 0.29) is 11.5 Å². The van der Waals surface area contributed by atoms with E-state index >= 15 is 0 Å². The average Bonchev–Trinajstić information content (AvgIpc) is 2.94. The maximum Gasteiger partial charge on any atom is 0.261 e.